The van der Waals surface area contributed by atoms with Gasteiger partial charge in [-0.1, -0.05) is 5.16 Å². The second-order valence-corrected chi connectivity index (χ2v) is 1.12. The predicted octanol–water partition coefficient (Wildman–Crippen LogP) is 0.872. The minimum absolute atomic E-state index is 0.692. The molecule has 1 N–H and O–H groups in total. The summed E-state index contributed by atoms with van der Waals surface area (Å²) in [7, 11) is 0. The Hall–Kier alpha value is -0.570. The Balaban J connectivity index is 3.14. The van der Waals surface area contributed by atoms with Crippen LogP contribution in [0, 0.1) is 0 Å². The van der Waals surface area contributed by atoms with Crippen molar-refractivity contribution in [3.8, 4) is 0 Å². The smallest absolute Gasteiger partial charge is 0.0550 e. The fourth-order valence-corrected chi connectivity index (χ4v) is 0.0816. The maximum absolute atomic E-state index is 7.55. The van der Waals surface area contributed by atoms with Crippen LogP contribution in [0.5, 0.6) is 0 Å². The molecule has 0 heterocycles. The minimum atomic E-state index is 0.692. The van der Waals surface area contributed by atoms with Gasteiger partial charge >= 0.3 is 0 Å². The molecular formula is C3H7NO2. The van der Waals surface area contributed by atoms with Gasteiger partial charge in [0.2, 0.25) is 0 Å². The zero-order valence-electron chi connectivity index (χ0n) is 3.80. The van der Waals surface area contributed by atoms with Crippen LogP contribution in [0.15, 0.2) is 5.16 Å². The van der Waals surface area contributed by atoms with Crippen LogP contribution >= 0.6 is 0 Å². The van der Waals surface area contributed by atoms with Crippen LogP contribution < -0.4 is 0 Å². The minimum Gasteiger partial charge on any atom is -0.223 e. The first-order chi connectivity index (χ1) is 2.77. The summed E-state index contributed by atoms with van der Waals surface area (Å²) in [6.07, 6.45) is 0. The number of oxime groups is 1. The molecule has 0 amide bonds. The predicted molar refractivity (Wildman–Crippen MR) is 22.5 cm³/mol. The molecule has 0 radical (unpaired) electrons. The summed E-state index contributed by atoms with van der Waals surface area (Å²) in [5.41, 5.74) is 0.692. The van der Waals surface area contributed by atoms with E-state index in [-0.39, 0.29) is 0 Å². The lowest BCUT2D eigenvalue weighted by Crippen LogP contribution is -1.79. The summed E-state index contributed by atoms with van der Waals surface area (Å²) in [5, 5.41) is 10.6. The van der Waals surface area contributed by atoms with Gasteiger partial charge in [-0.2, -0.15) is 5.26 Å². The lowest BCUT2D eigenvalue weighted by atomic mass is 10.5. The molecule has 3 heteroatoms. The summed E-state index contributed by atoms with van der Waals surface area (Å²) in [6, 6.07) is 0. The van der Waals surface area contributed by atoms with Gasteiger partial charge in [-0.3, -0.25) is 0 Å². The van der Waals surface area contributed by atoms with E-state index < -0.39 is 0 Å². The van der Waals surface area contributed by atoms with Gasteiger partial charge < -0.3 is 0 Å². The van der Waals surface area contributed by atoms with E-state index in [1.807, 2.05) is 0 Å². The average molecular weight is 89.1 g/mol. The third kappa shape index (κ3) is 3.43. The number of nitrogens with zero attached hydrogens (tertiary/aromatic N) is 1. The first-order valence-electron chi connectivity index (χ1n) is 1.59. The summed E-state index contributed by atoms with van der Waals surface area (Å²) in [5.74, 6) is 0. The highest BCUT2D eigenvalue weighted by Gasteiger charge is 1.70. The molecule has 36 valence electrons. The first-order valence-corrected chi connectivity index (χ1v) is 1.59. The van der Waals surface area contributed by atoms with E-state index in [1.54, 1.807) is 13.8 Å². The van der Waals surface area contributed by atoms with Crippen molar-refractivity contribution in [2.24, 2.45) is 5.16 Å². The van der Waals surface area contributed by atoms with Gasteiger partial charge in [-0.05, 0) is 13.8 Å². The molecule has 0 aromatic heterocycles. The Labute approximate surface area is 36.2 Å². The lowest BCUT2D eigenvalue weighted by molar-refractivity contribution is -0.243. The normalized spacial score (nSPS) is 7.17. The van der Waals surface area contributed by atoms with Gasteiger partial charge in [0.1, 0.15) is 0 Å². The largest absolute Gasteiger partial charge is 0.223 e. The Bertz CT molecular complexity index is 55.8. The quantitative estimate of drug-likeness (QED) is 0.294. The third-order valence-electron chi connectivity index (χ3n) is 0.223. The molecule has 0 aliphatic carbocycles. The molecule has 0 saturated carbocycles. The SMILES string of the molecule is CC(C)=NOO. The average Bonchev–Trinajstić information content (AvgIpc) is 1.35. The topological polar surface area (TPSA) is 41.8 Å². The Morgan fingerprint density at radius 2 is 2.17 bits per heavy atom. The maximum Gasteiger partial charge on any atom is 0.0550 e. The molecule has 0 saturated heterocycles. The molecule has 0 aliphatic heterocycles. The summed E-state index contributed by atoms with van der Waals surface area (Å²) in [6.45, 7) is 3.44. The van der Waals surface area contributed by atoms with Crippen molar-refractivity contribution in [2.75, 3.05) is 0 Å². The number of rotatable bonds is 1. The fraction of sp³-hybridized carbons (Fsp3) is 0.667. The molecule has 0 aliphatic rings. The van der Waals surface area contributed by atoms with Crippen LogP contribution in [0.4, 0.5) is 0 Å². The molecule has 0 rings (SSSR count). The van der Waals surface area contributed by atoms with Crippen molar-refractivity contribution in [1.82, 2.24) is 0 Å². The zero-order valence-corrected chi connectivity index (χ0v) is 3.80. The molecule has 6 heavy (non-hydrogen) atoms. The summed E-state index contributed by atoms with van der Waals surface area (Å²) in [4.78, 5) is 3.39. The summed E-state index contributed by atoms with van der Waals surface area (Å²) >= 11 is 0. The van der Waals surface area contributed by atoms with Crippen LogP contribution in [-0.4, -0.2) is 11.0 Å². The third-order valence-corrected chi connectivity index (χ3v) is 0.223. The van der Waals surface area contributed by atoms with Crippen molar-refractivity contribution in [2.45, 2.75) is 13.8 Å². The Morgan fingerprint density at radius 1 is 1.67 bits per heavy atom. The van der Waals surface area contributed by atoms with Crippen LogP contribution in [0.3, 0.4) is 0 Å². The second kappa shape index (κ2) is 2.66. The fourth-order valence-electron chi connectivity index (χ4n) is 0.0816. The van der Waals surface area contributed by atoms with Gasteiger partial charge in [-0.15, -0.1) is 0 Å². The Kier molecular flexibility index (Phi) is 2.40. The molecule has 0 atom stereocenters. The monoisotopic (exact) mass is 89.0 g/mol. The molecule has 0 fully saturated rings. The highest BCUT2D eigenvalue weighted by molar-refractivity contribution is 5.78. The van der Waals surface area contributed by atoms with Gasteiger partial charge in [0.05, 0.1) is 5.71 Å². The second-order valence-electron chi connectivity index (χ2n) is 1.12. The van der Waals surface area contributed by atoms with Crippen molar-refractivity contribution in [1.29, 1.82) is 0 Å². The van der Waals surface area contributed by atoms with E-state index in [2.05, 4.69) is 10.1 Å². The molecule has 0 spiro atoms. The van der Waals surface area contributed by atoms with E-state index >= 15 is 0 Å². The maximum atomic E-state index is 7.55. The van der Waals surface area contributed by atoms with Crippen LogP contribution in [0.1, 0.15) is 13.8 Å². The molecule has 0 aromatic carbocycles. The van der Waals surface area contributed by atoms with E-state index in [0.717, 1.165) is 0 Å². The highest BCUT2D eigenvalue weighted by atomic mass is 17.2. The molecule has 0 bridgehead atoms. The molecular weight excluding hydrogens is 82.0 g/mol. The van der Waals surface area contributed by atoms with E-state index in [1.165, 1.54) is 0 Å². The molecule has 3 nitrogen and oxygen atoms in total. The Morgan fingerprint density at radius 3 is 2.17 bits per heavy atom. The van der Waals surface area contributed by atoms with Crippen molar-refractivity contribution >= 4 is 5.71 Å². The first kappa shape index (κ1) is 5.43. The lowest BCUT2D eigenvalue weighted by Gasteiger charge is -1.79. The highest BCUT2D eigenvalue weighted by Crippen LogP contribution is 1.70. The van der Waals surface area contributed by atoms with Gasteiger partial charge in [0.25, 0.3) is 0 Å². The van der Waals surface area contributed by atoms with Gasteiger partial charge in [0.15, 0.2) is 0 Å². The zero-order chi connectivity index (χ0) is 4.99. The standard InChI is InChI=1S/C3H7NO2/c1-3(2)4-6-5/h5H,1-2H3. The molecule has 0 unspecified atom stereocenters. The van der Waals surface area contributed by atoms with Crippen LogP contribution in [0.25, 0.3) is 0 Å². The van der Waals surface area contributed by atoms with Gasteiger partial charge in [0, 0.05) is 0 Å². The van der Waals surface area contributed by atoms with Crippen LogP contribution in [0.2, 0.25) is 0 Å². The van der Waals surface area contributed by atoms with Crippen LogP contribution in [-0.2, 0) is 4.99 Å². The van der Waals surface area contributed by atoms with Crippen molar-refractivity contribution in [3.05, 3.63) is 0 Å². The molecule has 0 aromatic rings. The summed E-state index contributed by atoms with van der Waals surface area (Å²) < 4.78 is 0. The van der Waals surface area contributed by atoms with Crippen molar-refractivity contribution in [3.63, 3.8) is 0 Å². The van der Waals surface area contributed by atoms with E-state index in [9.17, 15) is 0 Å². The number of hydrogen-bond acceptors (Lipinski definition) is 3. The van der Waals surface area contributed by atoms with E-state index in [0.29, 0.717) is 5.71 Å². The van der Waals surface area contributed by atoms with Crippen molar-refractivity contribution < 1.29 is 10.2 Å². The van der Waals surface area contributed by atoms with Gasteiger partial charge in [-0.25, -0.2) is 4.99 Å². The number of hydrogen-bond donors (Lipinski definition) is 1. The van der Waals surface area contributed by atoms with E-state index in [4.69, 9.17) is 5.26 Å².